The molecule has 0 heterocycles. The topological polar surface area (TPSA) is 81.4 Å². The van der Waals surface area contributed by atoms with Crippen LogP contribution in [0, 0.1) is 0 Å². The van der Waals surface area contributed by atoms with Crippen molar-refractivity contribution in [3.05, 3.63) is 64.7 Å². The summed E-state index contributed by atoms with van der Waals surface area (Å²) in [6, 6.07) is 14.1. The maximum Gasteiger partial charge on any atom is 0.340 e. The van der Waals surface area contributed by atoms with Crippen molar-refractivity contribution >= 4 is 29.2 Å². The molecule has 1 amide bonds. The minimum absolute atomic E-state index is 0.117. The number of carbonyl (C=O) groups excluding carboxylic acids is 2. The highest BCUT2D eigenvalue weighted by atomic mass is 35.5. The third-order valence-electron chi connectivity index (χ3n) is 3.68. The second kappa shape index (κ2) is 9.08. The Kier molecular flexibility index (Phi) is 6.83. The minimum Gasteiger partial charge on any atom is -0.452 e. The van der Waals surface area contributed by atoms with E-state index in [2.05, 4.69) is 5.32 Å². The molecular formula is C19H21ClN2O3. The third-order valence-corrected chi connectivity index (χ3v) is 3.92. The summed E-state index contributed by atoms with van der Waals surface area (Å²) in [4.78, 5) is 24.2. The van der Waals surface area contributed by atoms with E-state index in [0.29, 0.717) is 5.02 Å². The van der Waals surface area contributed by atoms with Crippen LogP contribution in [0.15, 0.2) is 48.5 Å². The number of benzene rings is 2. The minimum atomic E-state index is -0.679. The van der Waals surface area contributed by atoms with Crippen LogP contribution in [0.1, 0.15) is 41.7 Å². The lowest BCUT2D eigenvalue weighted by molar-refractivity contribution is -0.125. The number of carbonyl (C=O) groups is 2. The lowest BCUT2D eigenvalue weighted by Gasteiger charge is -2.18. The number of rotatable bonds is 7. The van der Waals surface area contributed by atoms with Crippen molar-refractivity contribution < 1.29 is 14.3 Å². The quantitative estimate of drug-likeness (QED) is 0.582. The predicted octanol–water partition coefficient (Wildman–Crippen LogP) is 3.74. The van der Waals surface area contributed by atoms with Crippen LogP contribution in [0.5, 0.6) is 0 Å². The predicted molar refractivity (Wildman–Crippen MR) is 98.4 cm³/mol. The summed E-state index contributed by atoms with van der Waals surface area (Å²) in [7, 11) is 0. The lowest BCUT2D eigenvalue weighted by Crippen LogP contribution is -2.32. The molecule has 0 fully saturated rings. The average Bonchev–Trinajstić information content (AvgIpc) is 2.62. The highest BCUT2D eigenvalue weighted by molar-refractivity contribution is 6.31. The van der Waals surface area contributed by atoms with Crippen LogP contribution in [0.25, 0.3) is 0 Å². The number of nitrogens with two attached hydrogens (primary N) is 1. The molecule has 0 bridgehead atoms. The Hall–Kier alpha value is -2.53. The zero-order chi connectivity index (χ0) is 18.2. The Morgan fingerprint density at radius 2 is 1.92 bits per heavy atom. The molecule has 2 aromatic carbocycles. The molecule has 0 spiro atoms. The van der Waals surface area contributed by atoms with Gasteiger partial charge in [0, 0.05) is 10.7 Å². The first kappa shape index (κ1) is 18.8. The highest BCUT2D eigenvalue weighted by Crippen LogP contribution is 2.19. The molecular weight excluding hydrogens is 340 g/mol. The Morgan fingerprint density at radius 3 is 2.60 bits per heavy atom. The van der Waals surface area contributed by atoms with Crippen molar-refractivity contribution in [2.45, 2.75) is 25.8 Å². The summed E-state index contributed by atoms with van der Waals surface area (Å²) in [5.41, 5.74) is 7.15. The van der Waals surface area contributed by atoms with E-state index in [4.69, 9.17) is 22.1 Å². The molecule has 3 N–H and O–H groups in total. The molecule has 5 nitrogen and oxygen atoms in total. The first-order valence-electron chi connectivity index (χ1n) is 8.07. The Bertz CT molecular complexity index is 735. The van der Waals surface area contributed by atoms with Crippen LogP contribution in [-0.2, 0) is 9.53 Å². The maximum absolute atomic E-state index is 12.1. The standard InChI is InChI=1S/C19H21ClN2O3/c1-2-6-17(13-7-4-3-5-8-13)22-18(23)12-25-19(24)15-11-14(20)9-10-16(15)21/h3-5,7-11,17H,2,6,12,21H2,1H3,(H,22,23)/t17-/m0/s1. The van der Waals surface area contributed by atoms with E-state index >= 15 is 0 Å². The van der Waals surface area contributed by atoms with E-state index < -0.39 is 5.97 Å². The summed E-state index contributed by atoms with van der Waals surface area (Å²) >= 11 is 5.85. The van der Waals surface area contributed by atoms with Gasteiger partial charge in [-0.15, -0.1) is 0 Å². The van der Waals surface area contributed by atoms with Gasteiger partial charge in [-0.3, -0.25) is 4.79 Å². The molecule has 6 heteroatoms. The Balaban J connectivity index is 1.94. The van der Waals surface area contributed by atoms with Gasteiger partial charge in [-0.05, 0) is 30.2 Å². The fourth-order valence-corrected chi connectivity index (χ4v) is 2.62. The smallest absolute Gasteiger partial charge is 0.340 e. The van der Waals surface area contributed by atoms with Gasteiger partial charge in [0.2, 0.25) is 0 Å². The van der Waals surface area contributed by atoms with Gasteiger partial charge in [-0.2, -0.15) is 0 Å². The molecule has 2 rings (SSSR count). The highest BCUT2D eigenvalue weighted by Gasteiger charge is 2.17. The number of esters is 1. The molecule has 0 saturated heterocycles. The van der Waals surface area contributed by atoms with E-state index in [1.807, 2.05) is 37.3 Å². The lowest BCUT2D eigenvalue weighted by atomic mass is 10.0. The van der Waals surface area contributed by atoms with Gasteiger partial charge < -0.3 is 15.8 Å². The van der Waals surface area contributed by atoms with Crippen LogP contribution < -0.4 is 11.1 Å². The summed E-state index contributed by atoms with van der Waals surface area (Å²) in [6.45, 7) is 1.67. The number of hydrogen-bond donors (Lipinski definition) is 2. The molecule has 132 valence electrons. The number of nitrogen functional groups attached to an aromatic ring is 1. The molecule has 2 aromatic rings. The number of ether oxygens (including phenoxy) is 1. The summed E-state index contributed by atoms with van der Waals surface area (Å²) < 4.78 is 5.05. The fraction of sp³-hybridized carbons (Fsp3) is 0.263. The van der Waals surface area contributed by atoms with Crippen molar-refractivity contribution in [3.8, 4) is 0 Å². The van der Waals surface area contributed by atoms with Gasteiger partial charge in [-0.1, -0.05) is 55.3 Å². The van der Waals surface area contributed by atoms with Gasteiger partial charge in [-0.25, -0.2) is 4.79 Å². The van der Waals surface area contributed by atoms with Crippen molar-refractivity contribution in [2.24, 2.45) is 0 Å². The summed E-state index contributed by atoms with van der Waals surface area (Å²) in [6.07, 6.45) is 1.71. The molecule has 1 atom stereocenters. The van der Waals surface area contributed by atoms with E-state index in [0.717, 1.165) is 18.4 Å². The van der Waals surface area contributed by atoms with Crippen LogP contribution >= 0.6 is 11.6 Å². The van der Waals surface area contributed by atoms with E-state index in [9.17, 15) is 9.59 Å². The molecule has 0 aliphatic carbocycles. The summed E-state index contributed by atoms with van der Waals surface area (Å²) in [5.74, 6) is -1.04. The van der Waals surface area contributed by atoms with Crippen molar-refractivity contribution in [1.29, 1.82) is 0 Å². The monoisotopic (exact) mass is 360 g/mol. The number of halogens is 1. The number of anilines is 1. The van der Waals surface area contributed by atoms with Crippen molar-refractivity contribution in [3.63, 3.8) is 0 Å². The van der Waals surface area contributed by atoms with E-state index in [1.54, 1.807) is 6.07 Å². The zero-order valence-corrected chi connectivity index (χ0v) is 14.8. The van der Waals surface area contributed by atoms with Crippen molar-refractivity contribution in [1.82, 2.24) is 5.32 Å². The average molecular weight is 361 g/mol. The van der Waals surface area contributed by atoms with Crippen molar-refractivity contribution in [2.75, 3.05) is 12.3 Å². The molecule has 0 aromatic heterocycles. The Morgan fingerprint density at radius 1 is 1.20 bits per heavy atom. The van der Waals surface area contributed by atoms with Gasteiger partial charge >= 0.3 is 5.97 Å². The van der Waals surface area contributed by atoms with Gasteiger partial charge in [0.15, 0.2) is 6.61 Å². The molecule has 25 heavy (non-hydrogen) atoms. The number of nitrogens with one attached hydrogen (secondary N) is 1. The van der Waals surface area contributed by atoms with E-state index in [-0.39, 0.29) is 29.8 Å². The Labute approximate surface area is 152 Å². The largest absolute Gasteiger partial charge is 0.452 e. The number of hydrogen-bond acceptors (Lipinski definition) is 4. The third kappa shape index (κ3) is 5.50. The molecule has 0 aliphatic rings. The normalized spacial score (nSPS) is 11.6. The first-order valence-corrected chi connectivity index (χ1v) is 8.45. The molecule has 0 aliphatic heterocycles. The van der Waals surface area contributed by atoms with Gasteiger partial charge in [0.25, 0.3) is 5.91 Å². The molecule has 0 saturated carbocycles. The second-order valence-electron chi connectivity index (χ2n) is 5.63. The van der Waals surface area contributed by atoms with Crippen LogP contribution in [0.4, 0.5) is 5.69 Å². The molecule has 0 unspecified atom stereocenters. The van der Waals surface area contributed by atoms with Crippen LogP contribution in [-0.4, -0.2) is 18.5 Å². The maximum atomic E-state index is 12.1. The SMILES string of the molecule is CCC[C@H](NC(=O)COC(=O)c1cc(Cl)ccc1N)c1ccccc1. The van der Waals surface area contributed by atoms with Gasteiger partial charge in [0.1, 0.15) is 0 Å². The van der Waals surface area contributed by atoms with Gasteiger partial charge in [0.05, 0.1) is 11.6 Å². The zero-order valence-electron chi connectivity index (χ0n) is 14.0. The van der Waals surface area contributed by atoms with Crippen LogP contribution in [0.3, 0.4) is 0 Å². The number of amides is 1. The second-order valence-corrected chi connectivity index (χ2v) is 6.06. The molecule has 0 radical (unpaired) electrons. The van der Waals surface area contributed by atoms with E-state index in [1.165, 1.54) is 12.1 Å². The first-order chi connectivity index (χ1) is 12.0. The van der Waals surface area contributed by atoms with Crippen LogP contribution in [0.2, 0.25) is 5.02 Å². The fourth-order valence-electron chi connectivity index (χ4n) is 2.45. The summed E-state index contributed by atoms with van der Waals surface area (Å²) in [5, 5.41) is 3.27.